The number of aromatic nitrogens is 2. The quantitative estimate of drug-likeness (QED) is 0.556. The van der Waals surface area contributed by atoms with Crippen LogP contribution in [0.4, 0.5) is 0 Å². The van der Waals surface area contributed by atoms with E-state index >= 15 is 0 Å². The summed E-state index contributed by atoms with van der Waals surface area (Å²) in [5.74, 6) is -1.17. The number of aromatic amines is 1. The fourth-order valence-electron chi connectivity index (χ4n) is 1.71. The van der Waals surface area contributed by atoms with Crippen molar-refractivity contribution in [1.82, 2.24) is 15.3 Å². The van der Waals surface area contributed by atoms with E-state index in [4.69, 9.17) is 10.8 Å². The summed E-state index contributed by atoms with van der Waals surface area (Å²) in [7, 11) is 0. The van der Waals surface area contributed by atoms with Crippen LogP contribution in [0, 0.1) is 0 Å². The molecule has 0 aliphatic heterocycles. The van der Waals surface area contributed by atoms with Crippen molar-refractivity contribution in [1.29, 1.82) is 0 Å². The van der Waals surface area contributed by atoms with E-state index in [0.29, 0.717) is 5.65 Å². The van der Waals surface area contributed by atoms with Gasteiger partial charge in [0.05, 0.1) is 13.0 Å². The number of primary amides is 1. The minimum Gasteiger partial charge on any atom is -0.381 e. The lowest BCUT2D eigenvalue weighted by Crippen LogP contribution is -2.40. The van der Waals surface area contributed by atoms with Gasteiger partial charge in [0, 0.05) is 17.8 Å². The Hall–Kier alpha value is -2.41. The van der Waals surface area contributed by atoms with Crippen molar-refractivity contribution in [3.8, 4) is 0 Å². The summed E-state index contributed by atoms with van der Waals surface area (Å²) in [6.07, 6.45) is 2.14. The van der Waals surface area contributed by atoms with E-state index in [1.807, 2.05) is 6.07 Å². The summed E-state index contributed by atoms with van der Waals surface area (Å²) >= 11 is 0. The smallest absolute Gasteiger partial charge is 0.248 e. The molecule has 2 amide bonds. The van der Waals surface area contributed by atoms with E-state index < -0.39 is 12.0 Å². The highest BCUT2D eigenvalue weighted by molar-refractivity contribution is 5.87. The summed E-state index contributed by atoms with van der Waals surface area (Å²) in [6, 6.07) is 3.65. The molecule has 19 heavy (non-hydrogen) atoms. The second kappa shape index (κ2) is 5.49. The van der Waals surface area contributed by atoms with Gasteiger partial charge in [0.25, 0.3) is 0 Å². The van der Waals surface area contributed by atoms with E-state index in [1.165, 1.54) is 0 Å². The molecule has 0 saturated carbocycles. The summed E-state index contributed by atoms with van der Waals surface area (Å²) in [4.78, 5) is 29.4. The Bertz CT molecular complexity index is 608. The number of amides is 2. The van der Waals surface area contributed by atoms with Gasteiger partial charge >= 0.3 is 0 Å². The number of rotatable bonds is 5. The van der Waals surface area contributed by atoms with Gasteiger partial charge in [-0.05, 0) is 17.7 Å². The van der Waals surface area contributed by atoms with Crippen LogP contribution in [0.2, 0.25) is 0 Å². The first-order valence-electron chi connectivity index (χ1n) is 5.73. The molecule has 1 unspecified atom stereocenters. The number of nitrogens with two attached hydrogens (primary N) is 1. The second-order valence-corrected chi connectivity index (χ2v) is 4.11. The summed E-state index contributed by atoms with van der Waals surface area (Å²) in [6.45, 7) is -0.186. The fourth-order valence-corrected chi connectivity index (χ4v) is 1.71. The predicted octanol–water partition coefficient (Wildman–Crippen LogP) is -0.932. The number of H-pyrrole nitrogens is 1. The lowest BCUT2D eigenvalue weighted by Gasteiger charge is -2.08. The van der Waals surface area contributed by atoms with Gasteiger partial charge in [0.15, 0.2) is 0 Å². The predicted molar refractivity (Wildman–Crippen MR) is 68.0 cm³/mol. The number of pyridine rings is 1. The molecule has 7 nitrogen and oxygen atoms in total. The zero-order valence-corrected chi connectivity index (χ0v) is 10.1. The van der Waals surface area contributed by atoms with Gasteiger partial charge in [-0.15, -0.1) is 0 Å². The highest BCUT2D eigenvalue weighted by atomic mass is 16.3. The Balaban J connectivity index is 1.97. The van der Waals surface area contributed by atoms with Crippen LogP contribution in [0.25, 0.3) is 11.0 Å². The molecule has 0 spiro atoms. The van der Waals surface area contributed by atoms with Gasteiger partial charge in [-0.25, -0.2) is 4.98 Å². The number of carbonyl (C=O) groups is 2. The molecule has 0 aliphatic rings. The highest BCUT2D eigenvalue weighted by Crippen LogP contribution is 2.15. The summed E-state index contributed by atoms with van der Waals surface area (Å²) in [5, 5.41) is 12.5. The monoisotopic (exact) mass is 262 g/mol. The van der Waals surface area contributed by atoms with Crippen molar-refractivity contribution in [2.45, 2.75) is 12.5 Å². The summed E-state index contributed by atoms with van der Waals surface area (Å²) in [5.41, 5.74) is 6.39. The molecule has 7 heteroatoms. The third-order valence-electron chi connectivity index (χ3n) is 2.71. The topological polar surface area (TPSA) is 121 Å². The molecule has 2 aromatic heterocycles. The van der Waals surface area contributed by atoms with Crippen LogP contribution in [0.15, 0.2) is 24.5 Å². The molecule has 1 atom stereocenters. The number of aliphatic hydroxyl groups is 1. The minimum atomic E-state index is -1.37. The van der Waals surface area contributed by atoms with Gasteiger partial charge in [0.1, 0.15) is 11.8 Å². The number of nitrogens with one attached hydrogen (secondary N) is 2. The van der Waals surface area contributed by atoms with Crippen LogP contribution in [-0.4, -0.2) is 39.5 Å². The molecule has 0 saturated heterocycles. The van der Waals surface area contributed by atoms with E-state index in [1.54, 1.807) is 18.5 Å². The lowest BCUT2D eigenvalue weighted by molar-refractivity contribution is -0.126. The highest BCUT2D eigenvalue weighted by Gasteiger charge is 2.13. The molecular formula is C12H14N4O3. The van der Waals surface area contributed by atoms with Gasteiger partial charge in [0.2, 0.25) is 11.8 Å². The Morgan fingerprint density at radius 1 is 1.53 bits per heavy atom. The van der Waals surface area contributed by atoms with Gasteiger partial charge in [-0.2, -0.15) is 0 Å². The Morgan fingerprint density at radius 3 is 3.05 bits per heavy atom. The molecule has 2 rings (SSSR count). The van der Waals surface area contributed by atoms with Crippen LogP contribution in [0.5, 0.6) is 0 Å². The fraction of sp³-hybridized carbons (Fsp3) is 0.250. The number of hydrogen-bond acceptors (Lipinski definition) is 4. The van der Waals surface area contributed by atoms with Crippen LogP contribution in [0.3, 0.4) is 0 Å². The lowest BCUT2D eigenvalue weighted by atomic mass is 10.1. The van der Waals surface area contributed by atoms with Gasteiger partial charge < -0.3 is 21.1 Å². The molecule has 0 bridgehead atoms. The second-order valence-electron chi connectivity index (χ2n) is 4.11. The van der Waals surface area contributed by atoms with E-state index in [0.717, 1.165) is 10.9 Å². The molecule has 0 fully saturated rings. The van der Waals surface area contributed by atoms with Crippen LogP contribution < -0.4 is 11.1 Å². The maximum atomic E-state index is 11.7. The molecule has 5 N–H and O–H groups in total. The number of nitrogens with zero attached hydrogens (tertiary/aromatic N) is 1. The standard InChI is InChI=1S/C12H14N4O3/c13-11(19)9(17)6-15-10(18)4-7-5-16-12-8(7)2-1-3-14-12/h1-3,5,9,17H,4,6H2,(H2,13,19)(H,14,16)(H,15,18). The average molecular weight is 262 g/mol. The van der Waals surface area contributed by atoms with Crippen molar-refractivity contribution in [3.05, 3.63) is 30.1 Å². The SMILES string of the molecule is NC(=O)C(O)CNC(=O)Cc1c[nH]c2ncccc12. The first kappa shape index (κ1) is 13.0. The average Bonchev–Trinajstić information content (AvgIpc) is 2.79. The van der Waals surface area contributed by atoms with Crippen LogP contribution in [0.1, 0.15) is 5.56 Å². The van der Waals surface area contributed by atoms with Crippen LogP contribution in [-0.2, 0) is 16.0 Å². The van der Waals surface area contributed by atoms with Crippen molar-refractivity contribution in [2.75, 3.05) is 6.54 Å². The molecular weight excluding hydrogens is 248 g/mol. The first-order valence-corrected chi connectivity index (χ1v) is 5.73. The molecule has 0 aromatic carbocycles. The normalized spacial score (nSPS) is 12.3. The maximum absolute atomic E-state index is 11.7. The molecule has 2 aromatic rings. The van der Waals surface area contributed by atoms with Crippen molar-refractivity contribution in [2.24, 2.45) is 5.73 Å². The first-order chi connectivity index (χ1) is 9.08. The zero-order valence-electron chi connectivity index (χ0n) is 10.1. The minimum absolute atomic E-state index is 0.136. The molecule has 0 radical (unpaired) electrons. The van der Waals surface area contributed by atoms with Crippen molar-refractivity contribution >= 4 is 22.8 Å². The van der Waals surface area contributed by atoms with Crippen molar-refractivity contribution < 1.29 is 14.7 Å². The maximum Gasteiger partial charge on any atom is 0.248 e. The zero-order chi connectivity index (χ0) is 13.8. The molecule has 2 heterocycles. The number of carbonyl (C=O) groups excluding carboxylic acids is 2. The number of fused-ring (bicyclic) bond motifs is 1. The Morgan fingerprint density at radius 2 is 2.32 bits per heavy atom. The van der Waals surface area contributed by atoms with E-state index in [-0.39, 0.29) is 18.9 Å². The largest absolute Gasteiger partial charge is 0.381 e. The molecule has 100 valence electrons. The Kier molecular flexibility index (Phi) is 3.76. The molecule has 0 aliphatic carbocycles. The van der Waals surface area contributed by atoms with Crippen LogP contribution >= 0.6 is 0 Å². The number of aliphatic hydroxyl groups excluding tert-OH is 1. The van der Waals surface area contributed by atoms with Gasteiger partial charge in [-0.3, -0.25) is 9.59 Å². The third-order valence-corrected chi connectivity index (χ3v) is 2.71. The Labute approximate surface area is 108 Å². The van der Waals surface area contributed by atoms with Crippen molar-refractivity contribution in [3.63, 3.8) is 0 Å². The van der Waals surface area contributed by atoms with Gasteiger partial charge in [-0.1, -0.05) is 0 Å². The summed E-state index contributed by atoms with van der Waals surface area (Å²) < 4.78 is 0. The van der Waals surface area contributed by atoms with E-state index in [2.05, 4.69) is 15.3 Å². The number of hydrogen-bond donors (Lipinski definition) is 4. The third kappa shape index (κ3) is 3.08. The van der Waals surface area contributed by atoms with E-state index in [9.17, 15) is 9.59 Å².